The minimum atomic E-state index is 0.0235. The van der Waals surface area contributed by atoms with E-state index in [2.05, 4.69) is 55.6 Å². The first-order valence-electron chi connectivity index (χ1n) is 9.64. The van der Waals surface area contributed by atoms with Crippen LogP contribution in [0.3, 0.4) is 0 Å². The summed E-state index contributed by atoms with van der Waals surface area (Å²) in [6, 6.07) is 15.0. The lowest BCUT2D eigenvalue weighted by atomic mass is 9.76. The Balaban J connectivity index is 1.57. The van der Waals surface area contributed by atoms with Crippen molar-refractivity contribution in [2.24, 2.45) is 11.8 Å². The van der Waals surface area contributed by atoms with E-state index in [1.54, 1.807) is 6.26 Å². The molecule has 0 aliphatic carbocycles. The standard InChI is InChI=1S/C22H31NO2/c1-22(2)16-20(11-14-25-22)19(15-18-7-4-3-5-8-18)10-12-23-17-21-9-6-13-24-21/h3-9,13,19-20,23H,10-12,14-17H2,1-2H3/p+1. The van der Waals surface area contributed by atoms with Gasteiger partial charge in [0.2, 0.25) is 0 Å². The smallest absolute Gasteiger partial charge is 0.157 e. The molecule has 2 aromatic rings. The first-order valence-corrected chi connectivity index (χ1v) is 9.64. The van der Waals surface area contributed by atoms with Crippen LogP contribution in [0.4, 0.5) is 0 Å². The van der Waals surface area contributed by atoms with Crippen molar-refractivity contribution in [1.82, 2.24) is 0 Å². The van der Waals surface area contributed by atoms with Crippen molar-refractivity contribution >= 4 is 0 Å². The topological polar surface area (TPSA) is 39.0 Å². The normalized spacial score (nSPS) is 21.1. The number of hydrogen-bond donors (Lipinski definition) is 1. The maximum Gasteiger partial charge on any atom is 0.157 e. The van der Waals surface area contributed by atoms with Crippen molar-refractivity contribution in [2.45, 2.75) is 51.7 Å². The summed E-state index contributed by atoms with van der Waals surface area (Å²) in [6.07, 6.45) is 6.54. The van der Waals surface area contributed by atoms with Crippen LogP contribution in [0.5, 0.6) is 0 Å². The van der Waals surface area contributed by atoms with Crippen molar-refractivity contribution < 1.29 is 14.5 Å². The molecule has 0 radical (unpaired) electrons. The van der Waals surface area contributed by atoms with E-state index in [4.69, 9.17) is 9.15 Å². The maximum atomic E-state index is 5.95. The molecule has 2 unspecified atom stereocenters. The molecule has 3 heteroatoms. The van der Waals surface area contributed by atoms with Gasteiger partial charge in [-0.15, -0.1) is 0 Å². The summed E-state index contributed by atoms with van der Waals surface area (Å²) in [7, 11) is 0. The zero-order valence-corrected chi connectivity index (χ0v) is 15.6. The molecule has 1 aliphatic heterocycles. The Morgan fingerprint density at radius 2 is 2.00 bits per heavy atom. The first kappa shape index (κ1) is 18.2. The Morgan fingerprint density at radius 3 is 2.72 bits per heavy atom. The van der Waals surface area contributed by atoms with Crippen molar-refractivity contribution in [2.75, 3.05) is 13.2 Å². The molecular weight excluding hydrogens is 310 g/mol. The number of hydrogen-bond acceptors (Lipinski definition) is 2. The van der Waals surface area contributed by atoms with Gasteiger partial charge in [0.15, 0.2) is 5.76 Å². The van der Waals surface area contributed by atoms with Crippen LogP contribution >= 0.6 is 0 Å². The van der Waals surface area contributed by atoms with Crippen LogP contribution in [0.15, 0.2) is 53.1 Å². The molecule has 136 valence electrons. The fourth-order valence-corrected chi connectivity index (χ4v) is 4.11. The molecule has 0 bridgehead atoms. The third kappa shape index (κ3) is 5.72. The van der Waals surface area contributed by atoms with Crippen molar-refractivity contribution in [3.63, 3.8) is 0 Å². The van der Waals surface area contributed by atoms with Crippen LogP contribution in [0.25, 0.3) is 0 Å². The number of benzene rings is 1. The third-order valence-electron chi connectivity index (χ3n) is 5.41. The van der Waals surface area contributed by atoms with Gasteiger partial charge in [-0.05, 0) is 69.1 Å². The molecule has 1 saturated heterocycles. The van der Waals surface area contributed by atoms with Gasteiger partial charge in [0, 0.05) is 6.61 Å². The van der Waals surface area contributed by atoms with E-state index in [1.807, 2.05) is 6.07 Å². The van der Waals surface area contributed by atoms with Crippen LogP contribution in [0, 0.1) is 11.8 Å². The van der Waals surface area contributed by atoms with Crippen LogP contribution in [0.1, 0.15) is 44.4 Å². The van der Waals surface area contributed by atoms with Gasteiger partial charge in [-0.1, -0.05) is 30.3 Å². The van der Waals surface area contributed by atoms with Gasteiger partial charge in [0.1, 0.15) is 6.54 Å². The van der Waals surface area contributed by atoms with Gasteiger partial charge in [0.05, 0.1) is 18.4 Å². The molecular formula is C22H32NO2+. The zero-order valence-electron chi connectivity index (χ0n) is 15.6. The number of quaternary nitrogens is 1. The van der Waals surface area contributed by atoms with Crippen molar-refractivity contribution in [1.29, 1.82) is 0 Å². The van der Waals surface area contributed by atoms with Crippen molar-refractivity contribution in [3.05, 3.63) is 60.1 Å². The Morgan fingerprint density at radius 1 is 1.16 bits per heavy atom. The molecule has 2 atom stereocenters. The summed E-state index contributed by atoms with van der Waals surface area (Å²) < 4.78 is 11.4. The minimum Gasteiger partial charge on any atom is -0.463 e. The number of furan rings is 1. The number of nitrogens with two attached hydrogens (primary N) is 1. The molecule has 1 aromatic carbocycles. The van der Waals surface area contributed by atoms with Gasteiger partial charge in [-0.2, -0.15) is 0 Å². The van der Waals surface area contributed by atoms with Crippen LogP contribution in [-0.4, -0.2) is 18.8 Å². The predicted molar refractivity (Wildman–Crippen MR) is 100 cm³/mol. The van der Waals surface area contributed by atoms with E-state index in [1.165, 1.54) is 31.2 Å². The van der Waals surface area contributed by atoms with E-state index < -0.39 is 0 Å². The zero-order chi connectivity index (χ0) is 17.5. The van der Waals surface area contributed by atoms with Crippen molar-refractivity contribution in [3.8, 4) is 0 Å². The number of rotatable bonds is 8. The van der Waals surface area contributed by atoms with Gasteiger partial charge < -0.3 is 14.5 Å². The second kappa shape index (κ2) is 8.68. The van der Waals surface area contributed by atoms with E-state index in [9.17, 15) is 0 Å². The highest BCUT2D eigenvalue weighted by Crippen LogP contribution is 2.36. The SMILES string of the molecule is CC1(C)CC(C(CC[NH2+]Cc2ccco2)Cc2ccccc2)CCO1. The fraction of sp³-hybridized carbons (Fsp3) is 0.545. The van der Waals surface area contributed by atoms with Gasteiger partial charge in [-0.3, -0.25) is 0 Å². The highest BCUT2D eigenvalue weighted by molar-refractivity contribution is 5.15. The molecule has 0 spiro atoms. The van der Waals surface area contributed by atoms with Crippen LogP contribution in [0.2, 0.25) is 0 Å². The molecule has 2 heterocycles. The number of ether oxygens (including phenoxy) is 1. The summed E-state index contributed by atoms with van der Waals surface area (Å²) in [5.74, 6) is 2.53. The lowest BCUT2D eigenvalue weighted by Crippen LogP contribution is -2.82. The molecule has 0 amide bonds. The lowest BCUT2D eigenvalue weighted by Gasteiger charge is -2.39. The average Bonchev–Trinajstić information content (AvgIpc) is 3.11. The highest BCUT2D eigenvalue weighted by atomic mass is 16.5. The molecule has 1 fully saturated rings. The summed E-state index contributed by atoms with van der Waals surface area (Å²) >= 11 is 0. The molecule has 3 rings (SSSR count). The Kier molecular flexibility index (Phi) is 6.33. The lowest BCUT2D eigenvalue weighted by molar-refractivity contribution is -0.673. The van der Waals surface area contributed by atoms with E-state index in [-0.39, 0.29) is 5.60 Å². The summed E-state index contributed by atoms with van der Waals surface area (Å²) in [5, 5.41) is 2.38. The Bertz CT molecular complexity index is 606. The molecule has 0 saturated carbocycles. The predicted octanol–water partition coefficient (Wildman–Crippen LogP) is 3.80. The van der Waals surface area contributed by atoms with Gasteiger partial charge in [0.25, 0.3) is 0 Å². The maximum absolute atomic E-state index is 5.95. The van der Waals surface area contributed by atoms with Crippen LogP contribution in [-0.2, 0) is 17.7 Å². The minimum absolute atomic E-state index is 0.0235. The van der Waals surface area contributed by atoms with E-state index in [0.717, 1.165) is 37.3 Å². The monoisotopic (exact) mass is 342 g/mol. The largest absolute Gasteiger partial charge is 0.463 e. The Hall–Kier alpha value is -1.58. The van der Waals surface area contributed by atoms with Gasteiger partial charge in [-0.25, -0.2) is 0 Å². The second-order valence-corrected chi connectivity index (χ2v) is 7.96. The average molecular weight is 343 g/mol. The molecule has 3 nitrogen and oxygen atoms in total. The fourth-order valence-electron chi connectivity index (χ4n) is 4.11. The second-order valence-electron chi connectivity index (χ2n) is 7.96. The first-order chi connectivity index (χ1) is 12.1. The third-order valence-corrected chi connectivity index (χ3v) is 5.41. The summed E-state index contributed by atoms with van der Waals surface area (Å²) in [6.45, 7) is 7.46. The molecule has 1 aromatic heterocycles. The molecule has 25 heavy (non-hydrogen) atoms. The molecule has 2 N–H and O–H groups in total. The Labute approximate surface area is 151 Å². The van der Waals surface area contributed by atoms with E-state index >= 15 is 0 Å². The highest BCUT2D eigenvalue weighted by Gasteiger charge is 2.33. The van der Waals surface area contributed by atoms with Crippen LogP contribution < -0.4 is 5.32 Å². The molecule has 1 aliphatic rings. The van der Waals surface area contributed by atoms with E-state index in [0.29, 0.717) is 0 Å². The van der Waals surface area contributed by atoms with Gasteiger partial charge >= 0.3 is 0 Å². The summed E-state index contributed by atoms with van der Waals surface area (Å²) in [4.78, 5) is 0. The summed E-state index contributed by atoms with van der Waals surface area (Å²) in [5.41, 5.74) is 1.48. The quantitative estimate of drug-likeness (QED) is 0.741.